The molecule has 1 saturated carbocycles. The zero-order valence-electron chi connectivity index (χ0n) is 12.5. The van der Waals surface area contributed by atoms with Crippen molar-refractivity contribution in [1.29, 1.82) is 0 Å². The number of methoxy groups -OCH3 is 1. The van der Waals surface area contributed by atoms with E-state index in [2.05, 4.69) is 9.97 Å². The summed E-state index contributed by atoms with van der Waals surface area (Å²) in [7, 11) is 3.35. The lowest BCUT2D eigenvalue weighted by molar-refractivity contribution is 0.386. The van der Waals surface area contributed by atoms with E-state index < -0.39 is 0 Å². The average Bonchev–Trinajstić information content (AvgIpc) is 3.31. The third kappa shape index (κ3) is 3.30. The summed E-state index contributed by atoms with van der Waals surface area (Å²) in [6, 6.07) is 6.66. The molecule has 116 valence electrons. The summed E-state index contributed by atoms with van der Waals surface area (Å²) in [5.41, 5.74) is 0.837. The fraction of sp³-hybridized carbons (Fsp3) is 0.375. The van der Waals surface area contributed by atoms with Gasteiger partial charge in [-0.2, -0.15) is 0 Å². The van der Waals surface area contributed by atoms with E-state index in [0.717, 1.165) is 30.0 Å². The molecule has 1 aliphatic carbocycles. The summed E-state index contributed by atoms with van der Waals surface area (Å²) in [6.07, 6.45) is 2.24. The summed E-state index contributed by atoms with van der Waals surface area (Å²) in [5.74, 6) is 1.86. The standard InChI is InChI=1S/C16H17ClFN3O/c1-21(9-10-3-6-13(22-2)12(18)7-10)15-8-14(17)19-16(20-15)11-4-5-11/h3,6-8,11H,4-5,9H2,1-2H3. The molecule has 1 aromatic heterocycles. The summed E-state index contributed by atoms with van der Waals surface area (Å²) in [4.78, 5) is 10.8. The van der Waals surface area contributed by atoms with Gasteiger partial charge in [0.1, 0.15) is 16.8 Å². The second-order valence-electron chi connectivity index (χ2n) is 5.51. The molecule has 0 bridgehead atoms. The molecular formula is C16H17ClFN3O. The number of nitrogens with zero attached hydrogens (tertiary/aromatic N) is 3. The van der Waals surface area contributed by atoms with Crippen LogP contribution >= 0.6 is 11.6 Å². The van der Waals surface area contributed by atoms with Crippen molar-refractivity contribution in [3.8, 4) is 5.75 Å². The van der Waals surface area contributed by atoms with Gasteiger partial charge < -0.3 is 9.64 Å². The minimum Gasteiger partial charge on any atom is -0.494 e. The maximum absolute atomic E-state index is 13.8. The third-order valence-electron chi connectivity index (χ3n) is 3.67. The molecule has 0 spiro atoms. The van der Waals surface area contributed by atoms with Crippen molar-refractivity contribution < 1.29 is 9.13 Å². The summed E-state index contributed by atoms with van der Waals surface area (Å²) in [5, 5.41) is 0.444. The predicted octanol–water partition coefficient (Wildman–Crippen LogP) is 3.79. The van der Waals surface area contributed by atoms with Crippen LogP contribution < -0.4 is 9.64 Å². The quantitative estimate of drug-likeness (QED) is 0.785. The molecule has 0 atom stereocenters. The molecule has 6 heteroatoms. The summed E-state index contributed by atoms with van der Waals surface area (Å²) in [6.45, 7) is 0.526. The Hall–Kier alpha value is -1.88. The zero-order valence-corrected chi connectivity index (χ0v) is 13.3. The molecule has 0 N–H and O–H groups in total. The molecule has 0 radical (unpaired) electrons. The van der Waals surface area contributed by atoms with Crippen molar-refractivity contribution in [1.82, 2.24) is 9.97 Å². The van der Waals surface area contributed by atoms with Crippen LogP contribution in [0.2, 0.25) is 5.15 Å². The van der Waals surface area contributed by atoms with E-state index in [1.165, 1.54) is 13.2 Å². The lowest BCUT2D eigenvalue weighted by atomic mass is 10.2. The molecule has 1 aromatic carbocycles. The van der Waals surface area contributed by atoms with Gasteiger partial charge in [0.15, 0.2) is 11.6 Å². The smallest absolute Gasteiger partial charge is 0.165 e. The van der Waals surface area contributed by atoms with Gasteiger partial charge in [-0.1, -0.05) is 17.7 Å². The van der Waals surface area contributed by atoms with Crippen molar-refractivity contribution in [3.63, 3.8) is 0 Å². The zero-order chi connectivity index (χ0) is 15.7. The predicted molar refractivity (Wildman–Crippen MR) is 84.1 cm³/mol. The van der Waals surface area contributed by atoms with E-state index in [9.17, 15) is 4.39 Å². The van der Waals surface area contributed by atoms with E-state index in [1.807, 2.05) is 18.0 Å². The van der Waals surface area contributed by atoms with Crippen LogP contribution in [0.1, 0.15) is 30.1 Å². The minimum atomic E-state index is -0.368. The average molecular weight is 322 g/mol. The van der Waals surface area contributed by atoms with E-state index in [-0.39, 0.29) is 11.6 Å². The number of rotatable bonds is 5. The molecule has 1 fully saturated rings. The molecule has 0 unspecified atom stereocenters. The van der Waals surface area contributed by atoms with Crippen LogP contribution in [0, 0.1) is 5.82 Å². The molecular weight excluding hydrogens is 305 g/mol. The fourth-order valence-electron chi connectivity index (χ4n) is 2.31. The highest BCUT2D eigenvalue weighted by atomic mass is 35.5. The molecule has 0 saturated heterocycles. The Kier molecular flexibility index (Phi) is 4.16. The molecule has 1 aliphatic rings. The Morgan fingerprint density at radius 1 is 1.32 bits per heavy atom. The van der Waals surface area contributed by atoms with Crippen molar-refractivity contribution in [3.05, 3.63) is 46.6 Å². The van der Waals surface area contributed by atoms with Crippen molar-refractivity contribution >= 4 is 17.4 Å². The lowest BCUT2D eigenvalue weighted by Gasteiger charge is -2.19. The maximum atomic E-state index is 13.8. The van der Waals surface area contributed by atoms with Crippen LogP contribution in [0.4, 0.5) is 10.2 Å². The first-order valence-electron chi connectivity index (χ1n) is 7.15. The Balaban J connectivity index is 1.79. The van der Waals surface area contributed by atoms with Gasteiger partial charge in [-0.25, -0.2) is 14.4 Å². The highest BCUT2D eigenvalue weighted by molar-refractivity contribution is 6.29. The lowest BCUT2D eigenvalue weighted by Crippen LogP contribution is -2.18. The van der Waals surface area contributed by atoms with Crippen LogP contribution in [0.5, 0.6) is 5.75 Å². The molecule has 3 rings (SSSR count). The topological polar surface area (TPSA) is 38.2 Å². The maximum Gasteiger partial charge on any atom is 0.165 e. The van der Waals surface area contributed by atoms with Gasteiger partial charge in [0, 0.05) is 25.6 Å². The largest absolute Gasteiger partial charge is 0.494 e. The summed E-state index contributed by atoms with van der Waals surface area (Å²) < 4.78 is 18.7. The minimum absolute atomic E-state index is 0.243. The van der Waals surface area contributed by atoms with E-state index in [4.69, 9.17) is 16.3 Å². The normalized spacial score (nSPS) is 14.0. The Morgan fingerprint density at radius 3 is 2.73 bits per heavy atom. The number of benzene rings is 1. The van der Waals surface area contributed by atoms with E-state index in [1.54, 1.807) is 12.1 Å². The fourth-order valence-corrected chi connectivity index (χ4v) is 2.49. The summed E-state index contributed by atoms with van der Waals surface area (Å²) >= 11 is 6.08. The molecule has 22 heavy (non-hydrogen) atoms. The first kappa shape index (κ1) is 15.0. The van der Waals surface area contributed by atoms with E-state index in [0.29, 0.717) is 17.6 Å². The number of halogens is 2. The molecule has 1 heterocycles. The SMILES string of the molecule is COc1ccc(CN(C)c2cc(Cl)nc(C3CC3)n2)cc1F. The Morgan fingerprint density at radius 2 is 2.09 bits per heavy atom. The van der Waals surface area contributed by atoms with Gasteiger partial charge in [-0.3, -0.25) is 0 Å². The van der Waals surface area contributed by atoms with Crippen LogP contribution in [0.25, 0.3) is 0 Å². The van der Waals surface area contributed by atoms with Crippen LogP contribution in [-0.2, 0) is 6.54 Å². The highest BCUT2D eigenvalue weighted by Crippen LogP contribution is 2.39. The number of aromatic nitrogens is 2. The second kappa shape index (κ2) is 6.08. The van der Waals surface area contributed by atoms with Gasteiger partial charge in [0.2, 0.25) is 0 Å². The number of hydrogen-bond donors (Lipinski definition) is 0. The molecule has 0 aliphatic heterocycles. The highest BCUT2D eigenvalue weighted by Gasteiger charge is 2.27. The molecule has 4 nitrogen and oxygen atoms in total. The van der Waals surface area contributed by atoms with Gasteiger partial charge in [0.25, 0.3) is 0 Å². The van der Waals surface area contributed by atoms with Crippen LogP contribution in [-0.4, -0.2) is 24.1 Å². The number of hydrogen-bond acceptors (Lipinski definition) is 4. The monoisotopic (exact) mass is 321 g/mol. The first-order valence-corrected chi connectivity index (χ1v) is 7.52. The van der Waals surface area contributed by atoms with E-state index >= 15 is 0 Å². The molecule has 2 aromatic rings. The van der Waals surface area contributed by atoms with Gasteiger partial charge >= 0.3 is 0 Å². The first-order chi connectivity index (χ1) is 10.6. The Labute approximate surface area is 133 Å². The van der Waals surface area contributed by atoms with Crippen molar-refractivity contribution in [2.45, 2.75) is 25.3 Å². The van der Waals surface area contributed by atoms with Gasteiger partial charge in [-0.05, 0) is 30.5 Å². The van der Waals surface area contributed by atoms with Crippen LogP contribution in [0.15, 0.2) is 24.3 Å². The van der Waals surface area contributed by atoms with Gasteiger partial charge in [-0.15, -0.1) is 0 Å². The second-order valence-corrected chi connectivity index (χ2v) is 5.89. The van der Waals surface area contributed by atoms with Crippen molar-refractivity contribution in [2.75, 3.05) is 19.1 Å². The van der Waals surface area contributed by atoms with Crippen LogP contribution in [0.3, 0.4) is 0 Å². The van der Waals surface area contributed by atoms with Crippen molar-refractivity contribution in [2.24, 2.45) is 0 Å². The Bertz CT molecular complexity index is 691. The number of ether oxygens (including phenoxy) is 1. The number of anilines is 1. The molecule has 0 amide bonds. The van der Waals surface area contributed by atoms with Gasteiger partial charge in [0.05, 0.1) is 7.11 Å². The third-order valence-corrected chi connectivity index (χ3v) is 3.86.